The van der Waals surface area contributed by atoms with Crippen LogP contribution < -0.4 is 22.1 Å². The number of nitrogens with zero attached hydrogens (tertiary/aromatic N) is 5. The van der Waals surface area contributed by atoms with Crippen molar-refractivity contribution in [1.29, 1.82) is 0 Å². The van der Waals surface area contributed by atoms with E-state index < -0.39 is 0 Å². The molecule has 0 aliphatic heterocycles. The number of anilines is 1. The molecule has 0 bridgehead atoms. The van der Waals surface area contributed by atoms with Crippen LogP contribution in [0.1, 0.15) is 53.3 Å². The van der Waals surface area contributed by atoms with Crippen LogP contribution in [0.4, 0.5) is 5.82 Å². The summed E-state index contributed by atoms with van der Waals surface area (Å²) in [5.41, 5.74) is 14.5. The lowest BCUT2D eigenvalue weighted by molar-refractivity contribution is 0.0940. The lowest BCUT2D eigenvalue weighted by atomic mass is 9.90. The number of guanidine groups is 1. The molecular weight excluding hydrogens is 418 g/mol. The molecule has 1 aliphatic carbocycles. The highest BCUT2D eigenvalue weighted by Crippen LogP contribution is 2.28. The molecule has 1 aliphatic rings. The normalized spacial score (nSPS) is 18.0. The summed E-state index contributed by atoms with van der Waals surface area (Å²) < 4.78 is 0. The van der Waals surface area contributed by atoms with Crippen LogP contribution in [0, 0.1) is 13.8 Å². The van der Waals surface area contributed by atoms with Crippen LogP contribution >= 0.6 is 0 Å². The quantitative estimate of drug-likeness (QED) is 0.330. The molecule has 172 valence electrons. The Kier molecular flexibility index (Phi) is 6.62. The second-order valence-corrected chi connectivity index (χ2v) is 8.40. The topological polar surface area (TPSA) is 157 Å². The van der Waals surface area contributed by atoms with E-state index in [1.165, 1.54) is 0 Å². The molecule has 0 spiro atoms. The van der Waals surface area contributed by atoms with Crippen LogP contribution in [0.5, 0.6) is 0 Å². The number of hydrogen-bond donors (Lipinski definition) is 4. The zero-order chi connectivity index (χ0) is 23.4. The van der Waals surface area contributed by atoms with Gasteiger partial charge in [-0.15, -0.1) is 0 Å². The molecule has 2 heterocycles. The van der Waals surface area contributed by atoms with E-state index in [-0.39, 0.29) is 36.3 Å². The lowest BCUT2D eigenvalue weighted by Crippen LogP contribution is -2.38. The van der Waals surface area contributed by atoms with E-state index in [4.69, 9.17) is 11.5 Å². The summed E-state index contributed by atoms with van der Waals surface area (Å²) in [5, 5.41) is 7.19. The predicted molar refractivity (Wildman–Crippen MR) is 128 cm³/mol. The van der Waals surface area contributed by atoms with E-state index in [1.54, 1.807) is 12.4 Å². The molecule has 2 atom stereocenters. The molecule has 10 heteroatoms. The number of nitrogens with two attached hydrogens (primary N) is 2. The number of benzene rings is 1. The summed E-state index contributed by atoms with van der Waals surface area (Å²) in [6, 6.07) is 5.84. The van der Waals surface area contributed by atoms with Gasteiger partial charge in [0.05, 0.1) is 41.7 Å². The third-order valence-electron chi connectivity index (χ3n) is 5.69. The monoisotopic (exact) mass is 447 g/mol. The van der Waals surface area contributed by atoms with Crippen LogP contribution in [-0.2, 0) is 6.54 Å². The molecule has 2 aromatic heterocycles. The Hall–Kier alpha value is -3.82. The molecule has 6 N–H and O–H groups in total. The van der Waals surface area contributed by atoms with E-state index in [2.05, 4.69) is 35.6 Å². The standard InChI is InChI=1S/C23H29N9O/c1-13-7-8-17-16(9-13)20(30-18-5-3-4-6-19(18)31-23(24)25)32-21(29-17)22(33)28-12-15-11-26-14(2)10-27-15/h7-11,18-19H,3-6,12H2,1-2H3,(H,28,33)(H4,24,25,31)(H,29,30,32). The maximum atomic E-state index is 12.9. The van der Waals surface area contributed by atoms with Crippen LogP contribution in [0.25, 0.3) is 10.9 Å². The molecular formula is C23H29N9O. The van der Waals surface area contributed by atoms with Gasteiger partial charge in [0, 0.05) is 11.6 Å². The molecule has 3 aromatic rings. The highest BCUT2D eigenvalue weighted by molar-refractivity contribution is 5.96. The van der Waals surface area contributed by atoms with Crippen molar-refractivity contribution >= 4 is 28.6 Å². The highest BCUT2D eigenvalue weighted by Gasteiger charge is 2.26. The van der Waals surface area contributed by atoms with E-state index >= 15 is 0 Å². The van der Waals surface area contributed by atoms with Gasteiger partial charge < -0.3 is 22.1 Å². The number of carbonyl (C=O) groups excluding carboxylic acids is 1. The van der Waals surface area contributed by atoms with Gasteiger partial charge in [0.1, 0.15) is 5.82 Å². The SMILES string of the molecule is Cc1ccc2nc(C(=O)NCc3cnc(C)cn3)nc(NC3CCCCC3N=C(N)N)c2c1. The van der Waals surface area contributed by atoms with E-state index in [9.17, 15) is 4.79 Å². The second kappa shape index (κ2) is 9.76. The van der Waals surface area contributed by atoms with Gasteiger partial charge in [-0.2, -0.15) is 0 Å². The van der Waals surface area contributed by atoms with Crippen molar-refractivity contribution in [3.05, 3.63) is 53.4 Å². The number of aliphatic imine (C=N–C) groups is 1. The second-order valence-electron chi connectivity index (χ2n) is 8.40. The maximum Gasteiger partial charge on any atom is 0.289 e. The summed E-state index contributed by atoms with van der Waals surface area (Å²) in [6.07, 6.45) is 7.24. The molecule has 0 saturated heterocycles. The summed E-state index contributed by atoms with van der Waals surface area (Å²) in [4.78, 5) is 34.9. The molecule has 33 heavy (non-hydrogen) atoms. The summed E-state index contributed by atoms with van der Waals surface area (Å²) in [7, 11) is 0. The Bertz CT molecular complexity index is 1170. The van der Waals surface area contributed by atoms with Crippen LogP contribution in [0.2, 0.25) is 0 Å². The van der Waals surface area contributed by atoms with Gasteiger partial charge in [-0.1, -0.05) is 24.5 Å². The third kappa shape index (κ3) is 5.51. The molecule has 1 aromatic carbocycles. The third-order valence-corrected chi connectivity index (χ3v) is 5.69. The number of aryl methyl sites for hydroxylation is 2. The Balaban J connectivity index is 1.62. The van der Waals surface area contributed by atoms with Crippen molar-refractivity contribution in [2.75, 3.05) is 5.32 Å². The molecule has 4 rings (SSSR count). The number of carbonyl (C=O) groups is 1. The first-order chi connectivity index (χ1) is 15.9. The fourth-order valence-corrected chi connectivity index (χ4v) is 4.02. The Morgan fingerprint density at radius 1 is 1.12 bits per heavy atom. The van der Waals surface area contributed by atoms with Crippen LogP contribution in [0.3, 0.4) is 0 Å². The van der Waals surface area contributed by atoms with Crippen LogP contribution in [0.15, 0.2) is 35.6 Å². The first-order valence-corrected chi connectivity index (χ1v) is 11.1. The zero-order valence-electron chi connectivity index (χ0n) is 18.9. The predicted octanol–water partition coefficient (Wildman–Crippen LogP) is 1.96. The van der Waals surface area contributed by atoms with Gasteiger partial charge in [0.2, 0.25) is 5.82 Å². The van der Waals surface area contributed by atoms with Gasteiger partial charge in [0.25, 0.3) is 5.91 Å². The largest absolute Gasteiger partial charge is 0.370 e. The fraction of sp³-hybridized carbons (Fsp3) is 0.391. The highest BCUT2D eigenvalue weighted by atomic mass is 16.2. The number of hydrogen-bond acceptors (Lipinski definition) is 7. The number of fused-ring (bicyclic) bond motifs is 1. The molecule has 1 amide bonds. The fourth-order valence-electron chi connectivity index (χ4n) is 4.02. The van der Waals surface area contributed by atoms with E-state index in [1.807, 2.05) is 32.0 Å². The summed E-state index contributed by atoms with van der Waals surface area (Å²) in [5.74, 6) is 0.387. The minimum atomic E-state index is -0.382. The molecule has 2 unspecified atom stereocenters. The maximum absolute atomic E-state index is 12.9. The first kappa shape index (κ1) is 22.4. The van der Waals surface area contributed by atoms with Crippen LogP contribution in [-0.4, -0.2) is 43.9 Å². The molecule has 1 saturated carbocycles. The summed E-state index contributed by atoms with van der Waals surface area (Å²) >= 11 is 0. The summed E-state index contributed by atoms with van der Waals surface area (Å²) in [6.45, 7) is 4.10. The molecule has 1 fully saturated rings. The van der Waals surface area contributed by atoms with Crippen molar-refractivity contribution in [1.82, 2.24) is 25.3 Å². The number of aromatic nitrogens is 4. The minimum absolute atomic E-state index is 0.0122. The Morgan fingerprint density at radius 3 is 2.70 bits per heavy atom. The average molecular weight is 448 g/mol. The van der Waals surface area contributed by atoms with Gasteiger partial charge in [-0.25, -0.2) is 15.0 Å². The van der Waals surface area contributed by atoms with Crippen molar-refractivity contribution in [3.63, 3.8) is 0 Å². The van der Waals surface area contributed by atoms with Gasteiger partial charge in [-0.05, 0) is 38.8 Å². The van der Waals surface area contributed by atoms with Gasteiger partial charge in [0.15, 0.2) is 5.96 Å². The smallest absolute Gasteiger partial charge is 0.289 e. The van der Waals surface area contributed by atoms with Crippen molar-refractivity contribution in [2.24, 2.45) is 16.5 Å². The van der Waals surface area contributed by atoms with Gasteiger partial charge >= 0.3 is 0 Å². The Morgan fingerprint density at radius 2 is 1.94 bits per heavy atom. The lowest BCUT2D eigenvalue weighted by Gasteiger charge is -2.30. The zero-order valence-corrected chi connectivity index (χ0v) is 18.9. The van der Waals surface area contributed by atoms with E-state index in [0.717, 1.165) is 42.3 Å². The Labute approximate surface area is 192 Å². The molecule has 10 nitrogen and oxygen atoms in total. The van der Waals surface area contributed by atoms with Crippen molar-refractivity contribution < 1.29 is 4.79 Å². The van der Waals surface area contributed by atoms with Crippen molar-refractivity contribution in [3.8, 4) is 0 Å². The number of nitrogens with one attached hydrogen (secondary N) is 2. The minimum Gasteiger partial charge on any atom is -0.370 e. The van der Waals surface area contributed by atoms with Gasteiger partial charge in [-0.3, -0.25) is 14.8 Å². The number of rotatable bonds is 6. The first-order valence-electron chi connectivity index (χ1n) is 11.1. The average Bonchev–Trinajstić information content (AvgIpc) is 2.79. The number of amides is 1. The van der Waals surface area contributed by atoms with Crippen molar-refractivity contribution in [2.45, 2.75) is 58.2 Å². The molecule has 0 radical (unpaired) electrons. The van der Waals surface area contributed by atoms with E-state index in [0.29, 0.717) is 17.0 Å².